The van der Waals surface area contributed by atoms with E-state index < -0.39 is 12.0 Å². The third-order valence-corrected chi connectivity index (χ3v) is 2.33. The lowest BCUT2D eigenvalue weighted by Crippen LogP contribution is -2.70. The molecular weight excluding hydrogens is 178 g/mol. The molecule has 1 aliphatic heterocycles. The fourth-order valence-corrected chi connectivity index (χ4v) is 1.59. The minimum Gasteiger partial charge on any atom is -0.480 e. The Balaban J connectivity index is 2.63. The van der Waals surface area contributed by atoms with Crippen molar-refractivity contribution in [3.05, 3.63) is 0 Å². The first kappa shape index (κ1) is 9.21. The smallest absolute Gasteiger partial charge is 0.326 e. The maximum Gasteiger partial charge on any atom is 0.326 e. The largest absolute Gasteiger partial charge is 0.480 e. The number of hydrogen-bond acceptors (Lipinski definition) is 2. The van der Waals surface area contributed by atoms with Gasteiger partial charge in [0, 0.05) is 6.54 Å². The number of rotatable bonds is 1. The first-order chi connectivity index (χ1) is 5.66. The number of thiocarbonyl (C=S) groups is 1. The van der Waals surface area contributed by atoms with E-state index in [1.54, 1.807) is 4.90 Å². The van der Waals surface area contributed by atoms with Gasteiger partial charge in [0.25, 0.3) is 0 Å². The molecule has 5 nitrogen and oxygen atoms in total. The summed E-state index contributed by atoms with van der Waals surface area (Å²) in [6.45, 7) is 0.707. The molecule has 0 aliphatic carbocycles. The summed E-state index contributed by atoms with van der Waals surface area (Å²) in [6.07, 6.45) is 1.54. The Bertz CT molecular complexity index is 209. The predicted molar refractivity (Wildman–Crippen MR) is 46.0 cm³/mol. The molecule has 0 spiro atoms. The van der Waals surface area contributed by atoms with Crippen molar-refractivity contribution in [2.75, 3.05) is 6.54 Å². The number of carbonyl (C=O) groups is 1. The summed E-state index contributed by atoms with van der Waals surface area (Å²) in [5.41, 5.74) is 2.54. The van der Waals surface area contributed by atoms with Crippen molar-refractivity contribution in [1.29, 1.82) is 0 Å². The Kier molecular flexibility index (Phi) is 2.83. The summed E-state index contributed by atoms with van der Waals surface area (Å²) in [5.74, 6) is 2.58. The Labute approximate surface area is 75.5 Å². The monoisotopic (exact) mass is 190 g/mol. The molecule has 0 radical (unpaired) electrons. The summed E-state index contributed by atoms with van der Waals surface area (Å²) >= 11 is 4.90. The second-order valence-electron chi connectivity index (χ2n) is 2.67. The highest BCUT2D eigenvalue weighted by Gasteiger charge is 2.32. The Hall–Kier alpha value is -0.880. The molecule has 0 aromatic rings. The van der Waals surface area contributed by atoms with E-state index in [-0.39, 0.29) is 0 Å². The van der Waals surface area contributed by atoms with Crippen molar-refractivity contribution >= 4 is 23.3 Å². The lowest BCUT2D eigenvalue weighted by molar-refractivity contribution is -0.420. The van der Waals surface area contributed by atoms with Crippen molar-refractivity contribution < 1.29 is 15.7 Å². The van der Waals surface area contributed by atoms with Crippen LogP contribution >= 0.6 is 12.2 Å². The number of likely N-dealkylation sites (tertiary alicyclic amines) is 1. The average Bonchev–Trinajstić information content (AvgIpc) is 2.50. The van der Waals surface area contributed by atoms with Crippen molar-refractivity contribution in [2.24, 2.45) is 0 Å². The second kappa shape index (κ2) is 3.68. The minimum absolute atomic E-state index is 0.417. The molecule has 0 aromatic heterocycles. The van der Waals surface area contributed by atoms with Crippen LogP contribution in [-0.2, 0) is 4.79 Å². The van der Waals surface area contributed by atoms with Gasteiger partial charge in [0.05, 0.1) is 0 Å². The highest BCUT2D eigenvalue weighted by molar-refractivity contribution is 7.80. The normalized spacial score (nSPS) is 22.4. The number of hydrogen-bond donors (Lipinski definition) is 3. The molecule has 1 unspecified atom stereocenters. The lowest BCUT2D eigenvalue weighted by atomic mass is 10.2. The molecule has 1 heterocycles. The summed E-state index contributed by atoms with van der Waals surface area (Å²) in [6, 6.07) is -0.466. The van der Waals surface area contributed by atoms with Crippen LogP contribution in [0.4, 0.5) is 0 Å². The van der Waals surface area contributed by atoms with Gasteiger partial charge in [-0.3, -0.25) is 5.84 Å². The van der Waals surface area contributed by atoms with E-state index in [0.717, 1.165) is 6.42 Å². The highest BCUT2D eigenvalue weighted by Crippen LogP contribution is 2.16. The van der Waals surface area contributed by atoms with Gasteiger partial charge in [-0.25, -0.2) is 10.2 Å². The number of nitrogens with zero attached hydrogens (tertiary/aromatic N) is 1. The Morgan fingerprint density at radius 3 is 2.92 bits per heavy atom. The summed E-state index contributed by atoms with van der Waals surface area (Å²) in [7, 11) is 0. The van der Waals surface area contributed by atoms with Gasteiger partial charge in [-0.05, 0) is 25.1 Å². The SMILES string of the molecule is [NH3+]NC(=S)N1CCCC1C(=O)O. The third-order valence-electron chi connectivity index (χ3n) is 1.95. The van der Waals surface area contributed by atoms with Crippen LogP contribution in [0.15, 0.2) is 0 Å². The molecule has 1 rings (SSSR count). The van der Waals surface area contributed by atoms with Crippen LogP contribution in [0.5, 0.6) is 0 Å². The first-order valence-electron chi connectivity index (χ1n) is 3.73. The van der Waals surface area contributed by atoms with Gasteiger partial charge in [-0.1, -0.05) is 0 Å². The highest BCUT2D eigenvalue weighted by atomic mass is 32.1. The minimum atomic E-state index is -0.815. The topological polar surface area (TPSA) is 80.2 Å². The average molecular weight is 190 g/mol. The molecule has 5 N–H and O–H groups in total. The van der Waals surface area contributed by atoms with Crippen LogP contribution in [0.25, 0.3) is 0 Å². The first-order valence-corrected chi connectivity index (χ1v) is 4.14. The number of quaternary nitrogens is 1. The van der Waals surface area contributed by atoms with Gasteiger partial charge >= 0.3 is 5.97 Å². The van der Waals surface area contributed by atoms with E-state index in [1.807, 2.05) is 0 Å². The standard InChI is InChI=1S/C6H11N3O2S/c7-8-6(12)9-3-1-2-4(9)5(10)11/h4H,1-3,7H2,(H,8,12)(H,10,11)/p+1. The van der Waals surface area contributed by atoms with Crippen molar-refractivity contribution in [3.8, 4) is 0 Å². The quantitative estimate of drug-likeness (QED) is 0.349. The molecule has 0 amide bonds. The maximum atomic E-state index is 10.7. The number of carboxylic acid groups (broad SMARTS) is 1. The number of aliphatic carboxylic acids is 1. The van der Waals surface area contributed by atoms with Crippen LogP contribution in [-0.4, -0.2) is 33.7 Å². The van der Waals surface area contributed by atoms with Crippen LogP contribution in [0.1, 0.15) is 12.8 Å². The van der Waals surface area contributed by atoms with E-state index in [1.165, 1.54) is 0 Å². The van der Waals surface area contributed by atoms with Crippen molar-refractivity contribution in [1.82, 2.24) is 10.3 Å². The molecule has 1 fully saturated rings. The zero-order valence-corrected chi connectivity index (χ0v) is 7.43. The van der Waals surface area contributed by atoms with Gasteiger partial charge in [-0.2, -0.15) is 0 Å². The molecular formula is C6H12N3O2S+. The summed E-state index contributed by atoms with van der Waals surface area (Å²) < 4.78 is 0. The van der Waals surface area contributed by atoms with Crippen molar-refractivity contribution in [3.63, 3.8) is 0 Å². The zero-order valence-electron chi connectivity index (χ0n) is 6.62. The Morgan fingerprint density at radius 1 is 1.75 bits per heavy atom. The molecule has 1 atom stereocenters. The fourth-order valence-electron chi connectivity index (χ4n) is 1.37. The van der Waals surface area contributed by atoms with E-state index in [0.29, 0.717) is 18.1 Å². The summed E-state index contributed by atoms with van der Waals surface area (Å²) in [4.78, 5) is 12.3. The van der Waals surface area contributed by atoms with E-state index in [4.69, 9.17) is 17.3 Å². The molecule has 68 valence electrons. The lowest BCUT2D eigenvalue weighted by Gasteiger charge is -2.21. The van der Waals surface area contributed by atoms with Crippen molar-refractivity contribution in [2.45, 2.75) is 18.9 Å². The van der Waals surface area contributed by atoms with Gasteiger partial charge < -0.3 is 10.0 Å². The van der Waals surface area contributed by atoms with Crippen LogP contribution in [0.2, 0.25) is 0 Å². The third kappa shape index (κ3) is 1.64. The van der Waals surface area contributed by atoms with Crippen LogP contribution < -0.4 is 11.3 Å². The molecule has 1 aliphatic rings. The number of carboxylic acids is 1. The van der Waals surface area contributed by atoms with Gasteiger partial charge in [0.2, 0.25) is 5.11 Å². The van der Waals surface area contributed by atoms with E-state index in [9.17, 15) is 4.79 Å². The molecule has 0 bridgehead atoms. The number of nitrogens with one attached hydrogen (secondary N) is 1. The molecule has 1 saturated heterocycles. The van der Waals surface area contributed by atoms with E-state index >= 15 is 0 Å². The Morgan fingerprint density at radius 2 is 2.42 bits per heavy atom. The zero-order chi connectivity index (χ0) is 9.14. The predicted octanol–water partition coefficient (Wildman–Crippen LogP) is -1.43. The fraction of sp³-hybridized carbons (Fsp3) is 0.667. The second-order valence-corrected chi connectivity index (χ2v) is 3.06. The van der Waals surface area contributed by atoms with Crippen LogP contribution in [0.3, 0.4) is 0 Å². The van der Waals surface area contributed by atoms with Gasteiger partial charge in [0.1, 0.15) is 6.04 Å². The van der Waals surface area contributed by atoms with Crippen LogP contribution in [0, 0.1) is 0 Å². The van der Waals surface area contributed by atoms with E-state index in [2.05, 4.69) is 11.3 Å². The van der Waals surface area contributed by atoms with Gasteiger partial charge in [-0.15, -0.1) is 0 Å². The maximum absolute atomic E-state index is 10.7. The molecule has 0 aromatic carbocycles. The molecule has 0 saturated carbocycles. The molecule has 12 heavy (non-hydrogen) atoms. The summed E-state index contributed by atoms with van der Waals surface area (Å²) in [5, 5.41) is 9.20. The molecule has 6 heteroatoms. The van der Waals surface area contributed by atoms with Gasteiger partial charge in [0.15, 0.2) is 0 Å².